The van der Waals surface area contributed by atoms with Crippen molar-refractivity contribution in [2.45, 2.75) is 141 Å². The summed E-state index contributed by atoms with van der Waals surface area (Å²) in [6.07, 6.45) is 4.86. The van der Waals surface area contributed by atoms with E-state index in [0.717, 1.165) is 0 Å². The molecule has 6 aromatic carbocycles. The van der Waals surface area contributed by atoms with Gasteiger partial charge in [0.1, 0.15) is 0 Å². The number of aromatic nitrogens is 2. The summed E-state index contributed by atoms with van der Waals surface area (Å²) in [5, 5.41) is 5.31. The fourth-order valence-corrected chi connectivity index (χ4v) is 13.9. The van der Waals surface area contributed by atoms with Gasteiger partial charge in [0.2, 0.25) is 0 Å². The third-order valence-corrected chi connectivity index (χ3v) is 17.8. The number of aromatic amines is 1. The lowest BCUT2D eigenvalue weighted by atomic mass is 9.58. The first kappa shape index (κ1) is 38.2. The Morgan fingerprint density at radius 2 is 1.02 bits per heavy atom. The Kier molecular flexibility index (Phi) is 6.98. The van der Waals surface area contributed by atoms with Crippen LogP contribution in [-0.2, 0) is 32.5 Å². The molecule has 0 fully saturated rings. The highest BCUT2D eigenvalue weighted by molar-refractivity contribution is 6.73. The SMILES string of the molecule is CC1(C)CCC(C)(C)c2cc3c(cc21)-c1[nH]c2c(-c4cc5ccccc5c5c4[B]c4cccc6c7c(n-5c46)-c4cc5c(cc4C7(C)C)C(C)(C)CCC5(C)C)cccc2c1C3(C)C. The predicted molar refractivity (Wildman–Crippen MR) is 269 cm³/mol. The zero-order valence-electron chi connectivity index (χ0n) is 39.5. The topological polar surface area (TPSA) is 20.7 Å². The molecule has 13 rings (SSSR count). The number of benzene rings is 6. The number of hydrogen-bond donors (Lipinski definition) is 1. The molecule has 0 unspecified atom stereocenters. The van der Waals surface area contributed by atoms with E-state index >= 15 is 0 Å². The van der Waals surface area contributed by atoms with Crippen LogP contribution in [0.1, 0.15) is 153 Å². The van der Waals surface area contributed by atoms with Crippen LogP contribution in [-0.4, -0.2) is 16.8 Å². The molecule has 0 saturated carbocycles. The molecular formula is C60H60BN2. The quantitative estimate of drug-likeness (QED) is 0.159. The average Bonchev–Trinajstić information content (AvgIpc) is 3.93. The normalized spacial score (nSPS) is 20.4. The van der Waals surface area contributed by atoms with E-state index in [9.17, 15) is 0 Å². The Morgan fingerprint density at radius 1 is 0.476 bits per heavy atom. The molecule has 1 N–H and O–H groups in total. The fraction of sp³-hybridized carbons (Fsp3) is 0.367. The van der Waals surface area contributed by atoms with Crippen LogP contribution in [0.3, 0.4) is 0 Å². The van der Waals surface area contributed by atoms with E-state index in [-0.39, 0.29) is 32.5 Å². The lowest BCUT2D eigenvalue weighted by molar-refractivity contribution is 0.331. The lowest BCUT2D eigenvalue weighted by Gasteiger charge is -2.42. The van der Waals surface area contributed by atoms with Crippen LogP contribution in [0.2, 0.25) is 0 Å². The second-order valence-electron chi connectivity index (χ2n) is 24.1. The Balaban J connectivity index is 1.09. The van der Waals surface area contributed by atoms with Crippen LogP contribution >= 0.6 is 0 Å². The van der Waals surface area contributed by atoms with E-state index in [1.54, 1.807) is 11.1 Å². The third kappa shape index (κ3) is 4.62. The number of para-hydroxylation sites is 2. The van der Waals surface area contributed by atoms with Crippen molar-refractivity contribution in [2.24, 2.45) is 0 Å². The number of nitrogens with zero attached hydrogens (tertiary/aromatic N) is 1. The molecule has 3 heterocycles. The van der Waals surface area contributed by atoms with Crippen LogP contribution in [0.15, 0.2) is 91.0 Å². The van der Waals surface area contributed by atoms with Gasteiger partial charge in [0.05, 0.1) is 16.9 Å². The second-order valence-corrected chi connectivity index (χ2v) is 24.1. The Hall–Kier alpha value is -5.28. The molecule has 2 aromatic heterocycles. The maximum absolute atomic E-state index is 4.19. The van der Waals surface area contributed by atoms with Gasteiger partial charge in [0, 0.05) is 54.9 Å². The molecule has 313 valence electrons. The molecule has 3 heteroatoms. The van der Waals surface area contributed by atoms with Gasteiger partial charge in [0.15, 0.2) is 7.28 Å². The minimum Gasteiger partial charge on any atom is -0.354 e. The first-order valence-corrected chi connectivity index (χ1v) is 23.9. The van der Waals surface area contributed by atoms with Gasteiger partial charge >= 0.3 is 0 Å². The largest absolute Gasteiger partial charge is 0.354 e. The Morgan fingerprint density at radius 3 is 1.68 bits per heavy atom. The molecule has 0 amide bonds. The van der Waals surface area contributed by atoms with Crippen LogP contribution in [0.5, 0.6) is 0 Å². The summed E-state index contributed by atoms with van der Waals surface area (Å²) in [5.41, 5.74) is 26.9. The summed E-state index contributed by atoms with van der Waals surface area (Å²) in [7, 11) is 2.52. The first-order chi connectivity index (χ1) is 29.7. The standard InChI is InChI=1S/C60H60BN2/c1-55(2)23-25-57(5,6)44-30-40-38(28-42(44)55)51-47(59(40,9)10)35-20-15-19-34(50(35)62-51)37-27-32-17-13-14-18-33(32)54-49(37)61-46-22-16-21-36-48-53(63(54)52(36)46)39-29-43-45(31-41(39)60(48,11)12)58(7,8)26-24-56(43,3)4/h13-22,27-31,62H,23-26H2,1-12H3. The van der Waals surface area contributed by atoms with Crippen molar-refractivity contribution < 1.29 is 0 Å². The van der Waals surface area contributed by atoms with Gasteiger partial charge in [-0.05, 0) is 126 Å². The highest BCUT2D eigenvalue weighted by Gasteiger charge is 2.48. The summed E-state index contributed by atoms with van der Waals surface area (Å²) in [6, 6.07) is 36.3. The maximum Gasteiger partial charge on any atom is 0.197 e. The molecule has 2 nitrogen and oxygen atoms in total. The molecule has 0 atom stereocenters. The van der Waals surface area contributed by atoms with Crippen molar-refractivity contribution in [3.8, 4) is 39.3 Å². The number of H-pyrrole nitrogens is 1. The number of nitrogens with one attached hydrogen (secondary N) is 1. The molecule has 5 aliphatic rings. The summed E-state index contributed by atoms with van der Waals surface area (Å²) in [4.78, 5) is 4.19. The van der Waals surface area contributed by atoms with Gasteiger partial charge in [-0.25, -0.2) is 0 Å². The number of fused-ring (bicyclic) bond motifs is 16. The summed E-state index contributed by atoms with van der Waals surface area (Å²) < 4.78 is 2.72. The van der Waals surface area contributed by atoms with Gasteiger partial charge in [-0.1, -0.05) is 161 Å². The van der Waals surface area contributed by atoms with E-state index < -0.39 is 0 Å². The molecule has 0 saturated heterocycles. The minimum absolute atomic E-state index is 0.119. The van der Waals surface area contributed by atoms with Gasteiger partial charge in [-0.2, -0.15) is 0 Å². The van der Waals surface area contributed by atoms with Crippen molar-refractivity contribution in [1.82, 2.24) is 9.55 Å². The summed E-state index contributed by atoms with van der Waals surface area (Å²) in [5.74, 6) is 0. The van der Waals surface area contributed by atoms with Crippen LogP contribution in [0, 0.1) is 0 Å². The zero-order chi connectivity index (χ0) is 43.7. The molecule has 1 aliphatic heterocycles. The predicted octanol–water partition coefficient (Wildman–Crippen LogP) is 14.2. The molecule has 8 aromatic rings. The first-order valence-electron chi connectivity index (χ1n) is 23.9. The van der Waals surface area contributed by atoms with Crippen molar-refractivity contribution in [3.05, 3.63) is 136 Å². The Bertz CT molecular complexity index is 3420. The fourth-order valence-electron chi connectivity index (χ4n) is 13.9. The van der Waals surface area contributed by atoms with Gasteiger partial charge in [-0.15, -0.1) is 0 Å². The lowest BCUT2D eigenvalue weighted by Crippen LogP contribution is -2.38. The van der Waals surface area contributed by atoms with Gasteiger partial charge in [-0.3, -0.25) is 0 Å². The van der Waals surface area contributed by atoms with Crippen molar-refractivity contribution >= 4 is 50.8 Å². The van der Waals surface area contributed by atoms with E-state index in [1.165, 1.54) is 142 Å². The Labute approximate surface area is 374 Å². The minimum atomic E-state index is -0.152. The molecule has 0 bridgehead atoms. The molecule has 0 spiro atoms. The van der Waals surface area contributed by atoms with E-state index in [1.807, 2.05) is 0 Å². The molecular weight excluding hydrogens is 759 g/mol. The average molecular weight is 820 g/mol. The third-order valence-electron chi connectivity index (χ3n) is 17.8. The highest BCUT2D eigenvalue weighted by atomic mass is 15.0. The van der Waals surface area contributed by atoms with E-state index in [0.29, 0.717) is 0 Å². The zero-order valence-corrected chi connectivity index (χ0v) is 39.5. The number of rotatable bonds is 1. The monoisotopic (exact) mass is 819 g/mol. The second kappa shape index (κ2) is 11.5. The molecule has 4 aliphatic carbocycles. The summed E-state index contributed by atoms with van der Waals surface area (Å²) >= 11 is 0. The maximum atomic E-state index is 4.19. The van der Waals surface area contributed by atoms with Crippen molar-refractivity contribution in [3.63, 3.8) is 0 Å². The van der Waals surface area contributed by atoms with Crippen LogP contribution in [0.4, 0.5) is 0 Å². The van der Waals surface area contributed by atoms with Crippen molar-refractivity contribution in [2.75, 3.05) is 0 Å². The van der Waals surface area contributed by atoms with E-state index in [2.05, 4.69) is 191 Å². The van der Waals surface area contributed by atoms with Crippen LogP contribution < -0.4 is 10.9 Å². The van der Waals surface area contributed by atoms with E-state index in [4.69, 9.17) is 0 Å². The van der Waals surface area contributed by atoms with Crippen molar-refractivity contribution in [1.29, 1.82) is 0 Å². The smallest absolute Gasteiger partial charge is 0.197 e. The molecule has 63 heavy (non-hydrogen) atoms. The van der Waals surface area contributed by atoms with Gasteiger partial charge < -0.3 is 9.55 Å². The van der Waals surface area contributed by atoms with Gasteiger partial charge in [0.25, 0.3) is 0 Å². The van der Waals surface area contributed by atoms with Crippen LogP contribution in [0.25, 0.3) is 71.9 Å². The highest BCUT2D eigenvalue weighted by Crippen LogP contribution is 2.59. The summed E-state index contributed by atoms with van der Waals surface area (Å²) in [6.45, 7) is 29.6. The number of hydrogen-bond acceptors (Lipinski definition) is 0. The molecule has 1 radical (unpaired) electrons.